The van der Waals surface area contributed by atoms with Crippen LogP contribution in [0.25, 0.3) is 0 Å². The van der Waals surface area contributed by atoms with E-state index in [0.29, 0.717) is 25.1 Å². The van der Waals surface area contributed by atoms with Crippen molar-refractivity contribution in [2.75, 3.05) is 19.6 Å². The minimum atomic E-state index is -0.650. The number of nitrogens with one attached hydrogen (secondary N) is 1. The fourth-order valence-corrected chi connectivity index (χ4v) is 3.61. The number of hydrogen-bond acceptors (Lipinski definition) is 4. The van der Waals surface area contributed by atoms with Crippen molar-refractivity contribution in [2.24, 2.45) is 5.41 Å². The Morgan fingerprint density at radius 1 is 1.41 bits per heavy atom. The van der Waals surface area contributed by atoms with E-state index in [-0.39, 0.29) is 5.91 Å². The Balaban J connectivity index is 1.72. The number of benzene rings is 1. The summed E-state index contributed by atoms with van der Waals surface area (Å²) in [6.07, 6.45) is 1.76. The first-order chi connectivity index (χ1) is 10.6. The molecule has 1 aromatic carbocycles. The van der Waals surface area contributed by atoms with Gasteiger partial charge in [0.25, 0.3) is 0 Å². The quantitative estimate of drug-likeness (QED) is 0.855. The Bertz CT molecular complexity index is 593. The second-order valence-electron chi connectivity index (χ2n) is 6.34. The van der Waals surface area contributed by atoms with Gasteiger partial charge in [-0.1, -0.05) is 12.1 Å². The zero-order valence-corrected chi connectivity index (χ0v) is 12.6. The molecule has 3 rings (SSSR count). The van der Waals surface area contributed by atoms with Crippen molar-refractivity contribution >= 4 is 5.91 Å². The first kappa shape index (κ1) is 15.0. The lowest BCUT2D eigenvalue weighted by Gasteiger charge is -2.47. The highest BCUT2D eigenvalue weighted by Crippen LogP contribution is 2.37. The number of aliphatic hydroxyl groups excluding tert-OH is 1. The molecule has 2 aliphatic rings. The summed E-state index contributed by atoms with van der Waals surface area (Å²) in [7, 11) is 0. The number of nitriles is 1. The van der Waals surface area contributed by atoms with Gasteiger partial charge in [-0.3, -0.25) is 9.69 Å². The van der Waals surface area contributed by atoms with Gasteiger partial charge in [-0.2, -0.15) is 5.26 Å². The van der Waals surface area contributed by atoms with Gasteiger partial charge in [0.2, 0.25) is 5.91 Å². The number of piperidine rings is 2. The largest absolute Gasteiger partial charge is 0.392 e. The molecule has 2 heterocycles. The minimum Gasteiger partial charge on any atom is -0.392 e. The third kappa shape index (κ3) is 2.72. The molecule has 5 heteroatoms. The summed E-state index contributed by atoms with van der Waals surface area (Å²) in [5.41, 5.74) is 1.13. The van der Waals surface area contributed by atoms with E-state index >= 15 is 0 Å². The van der Waals surface area contributed by atoms with Crippen molar-refractivity contribution in [1.82, 2.24) is 10.2 Å². The predicted octanol–water partition coefficient (Wildman–Crippen LogP) is 1.02. The van der Waals surface area contributed by atoms with Crippen molar-refractivity contribution in [3.63, 3.8) is 0 Å². The normalized spacial score (nSPS) is 29.1. The molecule has 2 atom stereocenters. The summed E-state index contributed by atoms with van der Waals surface area (Å²) in [5.74, 6) is -0.00391. The van der Waals surface area contributed by atoms with E-state index in [2.05, 4.69) is 16.3 Å². The Morgan fingerprint density at radius 2 is 2.18 bits per heavy atom. The molecule has 2 saturated heterocycles. The topological polar surface area (TPSA) is 76.4 Å². The average molecular weight is 299 g/mol. The summed E-state index contributed by atoms with van der Waals surface area (Å²) in [6.45, 7) is 2.84. The highest BCUT2D eigenvalue weighted by molar-refractivity contribution is 5.84. The van der Waals surface area contributed by atoms with Gasteiger partial charge in [0.1, 0.15) is 0 Å². The van der Waals surface area contributed by atoms with Gasteiger partial charge in [0.05, 0.1) is 23.2 Å². The fourth-order valence-electron chi connectivity index (χ4n) is 3.61. The molecule has 22 heavy (non-hydrogen) atoms. The molecule has 5 nitrogen and oxygen atoms in total. The zero-order chi connectivity index (χ0) is 15.6. The molecule has 2 fully saturated rings. The molecule has 1 spiro atoms. The molecule has 116 valence electrons. The maximum absolute atomic E-state index is 12.3. The molecule has 0 radical (unpaired) electrons. The van der Waals surface area contributed by atoms with Crippen molar-refractivity contribution < 1.29 is 9.90 Å². The Kier molecular flexibility index (Phi) is 4.14. The summed E-state index contributed by atoms with van der Waals surface area (Å²) in [6, 6.07) is 9.66. The molecule has 0 aromatic heterocycles. The van der Waals surface area contributed by atoms with Crippen LogP contribution in [0, 0.1) is 16.7 Å². The van der Waals surface area contributed by atoms with Crippen molar-refractivity contribution in [1.29, 1.82) is 5.26 Å². The van der Waals surface area contributed by atoms with Crippen LogP contribution < -0.4 is 5.32 Å². The second kappa shape index (κ2) is 6.07. The van der Waals surface area contributed by atoms with Crippen molar-refractivity contribution in [3.05, 3.63) is 35.4 Å². The van der Waals surface area contributed by atoms with Gasteiger partial charge < -0.3 is 10.4 Å². The number of nitrogens with zero attached hydrogens (tertiary/aromatic N) is 2. The van der Waals surface area contributed by atoms with E-state index in [1.54, 1.807) is 0 Å². The van der Waals surface area contributed by atoms with Crippen LogP contribution in [0.5, 0.6) is 0 Å². The molecule has 0 bridgehead atoms. The number of rotatable bonds is 2. The first-order valence-corrected chi connectivity index (χ1v) is 7.82. The van der Waals surface area contributed by atoms with E-state index in [1.165, 1.54) is 0 Å². The van der Waals surface area contributed by atoms with Crippen LogP contribution in [0.15, 0.2) is 24.3 Å². The van der Waals surface area contributed by atoms with Crippen LogP contribution in [0.4, 0.5) is 0 Å². The lowest BCUT2D eigenvalue weighted by atomic mass is 9.71. The highest BCUT2D eigenvalue weighted by Gasteiger charge is 2.49. The summed E-state index contributed by atoms with van der Waals surface area (Å²) >= 11 is 0. The minimum absolute atomic E-state index is 0.00391. The molecule has 2 aliphatic heterocycles. The van der Waals surface area contributed by atoms with E-state index in [9.17, 15) is 9.90 Å². The monoisotopic (exact) mass is 299 g/mol. The SMILES string of the molecule is N#Cc1ccc(CN2CC[C@@H](O)[C@@]3(CCCNC3=O)C2)cc1. The molecular formula is C17H21N3O2. The highest BCUT2D eigenvalue weighted by atomic mass is 16.3. The molecular weight excluding hydrogens is 278 g/mol. The molecule has 0 aliphatic carbocycles. The number of aliphatic hydroxyl groups is 1. The first-order valence-electron chi connectivity index (χ1n) is 7.82. The van der Waals surface area contributed by atoms with Crippen LogP contribution in [0.3, 0.4) is 0 Å². The van der Waals surface area contributed by atoms with Gasteiger partial charge >= 0.3 is 0 Å². The number of hydrogen-bond donors (Lipinski definition) is 2. The number of carbonyl (C=O) groups excluding carboxylic acids is 1. The Labute approximate surface area is 130 Å². The van der Waals surface area contributed by atoms with Crippen LogP contribution >= 0.6 is 0 Å². The van der Waals surface area contributed by atoms with Crippen LogP contribution in [-0.4, -0.2) is 41.7 Å². The maximum Gasteiger partial charge on any atom is 0.230 e. The third-order valence-electron chi connectivity index (χ3n) is 4.89. The molecule has 0 unspecified atom stereocenters. The summed E-state index contributed by atoms with van der Waals surface area (Å²) in [4.78, 5) is 14.6. The lowest BCUT2D eigenvalue weighted by Crippen LogP contribution is -2.61. The molecule has 1 amide bonds. The summed E-state index contributed by atoms with van der Waals surface area (Å²) < 4.78 is 0. The van der Waals surface area contributed by atoms with Gasteiger partial charge in [-0.05, 0) is 37.0 Å². The molecule has 1 aromatic rings. The van der Waals surface area contributed by atoms with Gasteiger partial charge in [-0.25, -0.2) is 0 Å². The smallest absolute Gasteiger partial charge is 0.230 e. The van der Waals surface area contributed by atoms with Crippen LogP contribution in [0.1, 0.15) is 30.4 Å². The zero-order valence-electron chi connectivity index (χ0n) is 12.6. The van der Waals surface area contributed by atoms with Crippen molar-refractivity contribution in [3.8, 4) is 6.07 Å². The van der Waals surface area contributed by atoms with Crippen LogP contribution in [-0.2, 0) is 11.3 Å². The number of amides is 1. The van der Waals surface area contributed by atoms with Crippen LogP contribution in [0.2, 0.25) is 0 Å². The Hall–Kier alpha value is -1.90. The van der Waals surface area contributed by atoms with E-state index < -0.39 is 11.5 Å². The van der Waals surface area contributed by atoms with E-state index in [1.807, 2.05) is 24.3 Å². The van der Waals surface area contributed by atoms with E-state index in [0.717, 1.165) is 31.5 Å². The predicted molar refractivity (Wildman–Crippen MR) is 81.7 cm³/mol. The Morgan fingerprint density at radius 3 is 2.86 bits per heavy atom. The van der Waals surface area contributed by atoms with Gasteiger partial charge in [0, 0.05) is 26.2 Å². The lowest BCUT2D eigenvalue weighted by molar-refractivity contribution is -0.149. The third-order valence-corrected chi connectivity index (χ3v) is 4.89. The standard InChI is InChI=1S/C17H21N3O2/c18-10-13-2-4-14(5-3-13)11-20-9-6-15(21)17(12-20)7-1-8-19-16(17)22/h2-5,15,21H,1,6-9,11-12H2,(H,19,22)/t15-,17-/m1/s1. The molecule has 2 N–H and O–H groups in total. The second-order valence-corrected chi connectivity index (χ2v) is 6.34. The summed E-state index contributed by atoms with van der Waals surface area (Å²) in [5, 5.41) is 22.1. The maximum atomic E-state index is 12.3. The van der Waals surface area contributed by atoms with Gasteiger partial charge in [0.15, 0.2) is 0 Å². The molecule has 0 saturated carbocycles. The van der Waals surface area contributed by atoms with E-state index in [4.69, 9.17) is 5.26 Å². The number of carbonyl (C=O) groups is 1. The van der Waals surface area contributed by atoms with Gasteiger partial charge in [-0.15, -0.1) is 0 Å². The average Bonchev–Trinajstić information content (AvgIpc) is 2.54. The van der Waals surface area contributed by atoms with Crippen molar-refractivity contribution in [2.45, 2.75) is 31.9 Å². The number of likely N-dealkylation sites (tertiary alicyclic amines) is 1. The fraction of sp³-hybridized carbons (Fsp3) is 0.529.